The van der Waals surface area contributed by atoms with Crippen LogP contribution in [0.15, 0.2) is 76.7 Å². The Labute approximate surface area is 138 Å². The van der Waals surface area contributed by atoms with Gasteiger partial charge in [0.15, 0.2) is 0 Å². The predicted octanol–water partition coefficient (Wildman–Crippen LogP) is 4.39. The number of hydrogen-bond acceptors (Lipinski definition) is 3. The number of benzene rings is 2. The van der Waals surface area contributed by atoms with Crippen molar-refractivity contribution in [1.82, 2.24) is 0 Å². The van der Waals surface area contributed by atoms with Crippen molar-refractivity contribution >= 4 is 40.7 Å². The minimum atomic E-state index is -0.169. The Morgan fingerprint density at radius 2 is 1.77 bits per heavy atom. The van der Waals surface area contributed by atoms with Crippen molar-refractivity contribution in [2.45, 2.75) is 4.90 Å². The van der Waals surface area contributed by atoms with E-state index in [-0.39, 0.29) is 5.91 Å². The first-order valence-electron chi connectivity index (χ1n) is 6.70. The van der Waals surface area contributed by atoms with Gasteiger partial charge in [0.2, 0.25) is 0 Å². The number of anilines is 1. The van der Waals surface area contributed by atoms with Crippen molar-refractivity contribution in [3.05, 3.63) is 71.8 Å². The van der Waals surface area contributed by atoms with Crippen LogP contribution in [-0.4, -0.2) is 17.4 Å². The number of carbonyl (C=O) groups is 1. The molecular formula is C17H13ClN2OS. The summed E-state index contributed by atoms with van der Waals surface area (Å²) in [4.78, 5) is 13.3. The maximum absolute atomic E-state index is 12.3. The van der Waals surface area contributed by atoms with Crippen molar-refractivity contribution in [3.8, 4) is 0 Å². The summed E-state index contributed by atoms with van der Waals surface area (Å²) >= 11 is 7.47. The Morgan fingerprint density at radius 1 is 1.09 bits per heavy atom. The molecule has 0 radical (unpaired) electrons. The first-order valence-corrected chi connectivity index (χ1v) is 8.06. The van der Waals surface area contributed by atoms with Crippen molar-refractivity contribution in [2.75, 3.05) is 10.8 Å². The lowest BCUT2D eigenvalue weighted by atomic mass is 10.2. The third kappa shape index (κ3) is 3.08. The fourth-order valence-corrected chi connectivity index (χ4v) is 3.01. The number of nitrogens with zero attached hydrogens (tertiary/aromatic N) is 2. The zero-order chi connectivity index (χ0) is 15.5. The molecule has 2 aromatic rings. The van der Waals surface area contributed by atoms with E-state index in [2.05, 4.69) is 11.7 Å². The summed E-state index contributed by atoms with van der Waals surface area (Å²) in [7, 11) is 0. The lowest BCUT2D eigenvalue weighted by molar-refractivity contribution is -0.114. The fourth-order valence-electron chi connectivity index (χ4n) is 2.02. The van der Waals surface area contributed by atoms with Gasteiger partial charge in [0.25, 0.3) is 5.91 Å². The zero-order valence-corrected chi connectivity index (χ0v) is 13.3. The SMILES string of the molecule is C=C1C(=O)N(c2ccccc2)N=C1CSc1ccc(Cl)cc1. The van der Waals surface area contributed by atoms with Gasteiger partial charge in [0.1, 0.15) is 0 Å². The van der Waals surface area contributed by atoms with Crippen LogP contribution in [0.25, 0.3) is 0 Å². The van der Waals surface area contributed by atoms with Gasteiger partial charge in [-0.05, 0) is 36.4 Å². The van der Waals surface area contributed by atoms with Crippen LogP contribution in [0.1, 0.15) is 0 Å². The van der Waals surface area contributed by atoms with Gasteiger partial charge in [-0.15, -0.1) is 11.8 Å². The normalized spacial score (nSPS) is 14.4. The van der Waals surface area contributed by atoms with Crippen LogP contribution in [0.2, 0.25) is 5.02 Å². The molecule has 1 aliphatic rings. The van der Waals surface area contributed by atoms with Gasteiger partial charge < -0.3 is 0 Å². The molecule has 0 N–H and O–H groups in total. The number of halogens is 1. The third-order valence-electron chi connectivity index (χ3n) is 3.21. The van der Waals surface area contributed by atoms with E-state index >= 15 is 0 Å². The van der Waals surface area contributed by atoms with Gasteiger partial charge in [-0.3, -0.25) is 4.79 Å². The molecule has 1 amide bonds. The number of para-hydroxylation sites is 1. The number of rotatable bonds is 4. The average molecular weight is 329 g/mol. The largest absolute Gasteiger partial charge is 0.280 e. The number of hydrogen-bond donors (Lipinski definition) is 0. The van der Waals surface area contributed by atoms with E-state index in [0.29, 0.717) is 22.1 Å². The highest BCUT2D eigenvalue weighted by molar-refractivity contribution is 8.00. The molecule has 1 aliphatic heterocycles. The maximum atomic E-state index is 12.3. The van der Waals surface area contributed by atoms with Gasteiger partial charge in [0, 0.05) is 15.7 Å². The highest BCUT2D eigenvalue weighted by Crippen LogP contribution is 2.26. The Balaban J connectivity index is 1.74. The predicted molar refractivity (Wildman–Crippen MR) is 92.7 cm³/mol. The zero-order valence-electron chi connectivity index (χ0n) is 11.7. The Hall–Kier alpha value is -2.04. The summed E-state index contributed by atoms with van der Waals surface area (Å²) in [5.74, 6) is 0.424. The molecule has 3 rings (SSSR count). The van der Waals surface area contributed by atoms with Crippen LogP contribution in [-0.2, 0) is 4.79 Å². The molecular weight excluding hydrogens is 316 g/mol. The van der Waals surface area contributed by atoms with Crippen LogP contribution in [0, 0.1) is 0 Å². The molecule has 0 saturated heterocycles. The Bertz CT molecular complexity index is 741. The molecule has 0 bridgehead atoms. The van der Waals surface area contributed by atoms with Crippen LogP contribution < -0.4 is 5.01 Å². The molecule has 0 fully saturated rings. The van der Waals surface area contributed by atoms with Crippen LogP contribution >= 0.6 is 23.4 Å². The molecule has 1 heterocycles. The first kappa shape index (κ1) is 14.9. The number of hydrazone groups is 1. The molecule has 0 spiro atoms. The van der Waals surface area contributed by atoms with Crippen LogP contribution in [0.5, 0.6) is 0 Å². The Kier molecular flexibility index (Phi) is 4.32. The van der Waals surface area contributed by atoms with Gasteiger partial charge >= 0.3 is 0 Å². The molecule has 110 valence electrons. The molecule has 22 heavy (non-hydrogen) atoms. The molecule has 0 aliphatic carbocycles. The van der Waals surface area contributed by atoms with Crippen LogP contribution in [0.3, 0.4) is 0 Å². The summed E-state index contributed by atoms with van der Waals surface area (Å²) in [5.41, 5.74) is 1.90. The van der Waals surface area contributed by atoms with E-state index in [0.717, 1.165) is 10.6 Å². The second-order valence-electron chi connectivity index (χ2n) is 4.72. The quantitative estimate of drug-likeness (QED) is 0.616. The molecule has 3 nitrogen and oxygen atoms in total. The molecule has 0 unspecified atom stereocenters. The standard InChI is InChI=1S/C17H13ClN2OS/c1-12-16(11-22-15-9-7-13(18)8-10-15)19-20(17(12)21)14-5-3-2-4-6-14/h2-10H,1,11H2. The minimum Gasteiger partial charge on any atom is -0.267 e. The average Bonchev–Trinajstić information content (AvgIpc) is 2.83. The van der Waals surface area contributed by atoms with E-state index in [4.69, 9.17) is 11.6 Å². The van der Waals surface area contributed by atoms with E-state index in [9.17, 15) is 4.79 Å². The molecule has 5 heteroatoms. The number of thioether (sulfide) groups is 1. The lowest BCUT2D eigenvalue weighted by Crippen LogP contribution is -2.20. The molecule has 0 aromatic heterocycles. The van der Waals surface area contributed by atoms with E-state index in [1.807, 2.05) is 54.6 Å². The minimum absolute atomic E-state index is 0.169. The summed E-state index contributed by atoms with van der Waals surface area (Å²) in [6, 6.07) is 16.9. The van der Waals surface area contributed by atoms with Crippen molar-refractivity contribution in [2.24, 2.45) is 5.10 Å². The van der Waals surface area contributed by atoms with Gasteiger partial charge in [0.05, 0.1) is 17.0 Å². The number of amides is 1. The topological polar surface area (TPSA) is 32.7 Å². The summed E-state index contributed by atoms with van der Waals surface area (Å²) in [6.07, 6.45) is 0. The maximum Gasteiger partial charge on any atom is 0.280 e. The van der Waals surface area contributed by atoms with E-state index in [1.165, 1.54) is 5.01 Å². The van der Waals surface area contributed by atoms with Crippen molar-refractivity contribution < 1.29 is 4.79 Å². The molecule has 0 saturated carbocycles. The van der Waals surface area contributed by atoms with Gasteiger partial charge in [-0.1, -0.05) is 36.4 Å². The van der Waals surface area contributed by atoms with Crippen molar-refractivity contribution in [1.29, 1.82) is 0 Å². The van der Waals surface area contributed by atoms with E-state index < -0.39 is 0 Å². The van der Waals surface area contributed by atoms with Crippen LogP contribution in [0.4, 0.5) is 5.69 Å². The van der Waals surface area contributed by atoms with Gasteiger partial charge in [-0.2, -0.15) is 10.1 Å². The summed E-state index contributed by atoms with van der Waals surface area (Å²) in [5, 5.41) is 6.52. The van der Waals surface area contributed by atoms with E-state index in [1.54, 1.807) is 11.8 Å². The first-order chi connectivity index (χ1) is 10.6. The summed E-state index contributed by atoms with van der Waals surface area (Å²) in [6.45, 7) is 3.86. The smallest absolute Gasteiger partial charge is 0.267 e. The molecule has 0 atom stereocenters. The Morgan fingerprint density at radius 3 is 2.45 bits per heavy atom. The monoisotopic (exact) mass is 328 g/mol. The molecule has 2 aromatic carbocycles. The highest BCUT2D eigenvalue weighted by Gasteiger charge is 2.29. The lowest BCUT2D eigenvalue weighted by Gasteiger charge is -2.10. The summed E-state index contributed by atoms with van der Waals surface area (Å²) < 4.78 is 0. The second kappa shape index (κ2) is 6.38. The number of carbonyl (C=O) groups excluding carboxylic acids is 1. The second-order valence-corrected chi connectivity index (χ2v) is 6.21. The third-order valence-corrected chi connectivity index (χ3v) is 4.48. The highest BCUT2D eigenvalue weighted by atomic mass is 35.5. The van der Waals surface area contributed by atoms with Crippen molar-refractivity contribution in [3.63, 3.8) is 0 Å². The van der Waals surface area contributed by atoms with Gasteiger partial charge in [-0.25, -0.2) is 0 Å². The fraction of sp³-hybridized carbons (Fsp3) is 0.0588.